The molecule has 3 nitrogen and oxygen atoms in total. The lowest BCUT2D eigenvalue weighted by Crippen LogP contribution is -2.23. The summed E-state index contributed by atoms with van der Waals surface area (Å²) in [6.45, 7) is 9.31. The van der Waals surface area contributed by atoms with Gasteiger partial charge in [0.1, 0.15) is 5.82 Å². The van der Waals surface area contributed by atoms with E-state index in [1.165, 1.54) is 16.8 Å². The van der Waals surface area contributed by atoms with Gasteiger partial charge in [0.2, 0.25) is 0 Å². The van der Waals surface area contributed by atoms with Crippen LogP contribution in [0.3, 0.4) is 0 Å². The van der Waals surface area contributed by atoms with Crippen LogP contribution >= 0.6 is 0 Å². The number of nitrogens with zero attached hydrogens (tertiary/aromatic N) is 2. The molecule has 1 aromatic carbocycles. The van der Waals surface area contributed by atoms with Gasteiger partial charge in [-0.3, -0.25) is 0 Å². The number of aromatic nitrogens is 1. The monoisotopic (exact) mass is 283 g/mol. The molecule has 0 aliphatic carbocycles. The van der Waals surface area contributed by atoms with Crippen LogP contribution in [0.5, 0.6) is 0 Å². The lowest BCUT2D eigenvalue weighted by Gasteiger charge is -2.24. The molecule has 2 aromatic rings. The average Bonchev–Trinajstić information content (AvgIpc) is 2.51. The molecule has 0 fully saturated rings. The Morgan fingerprint density at radius 2 is 2.00 bits per heavy atom. The van der Waals surface area contributed by atoms with E-state index in [0.29, 0.717) is 0 Å². The minimum absolute atomic E-state index is 0.875. The molecule has 0 aliphatic rings. The standard InChI is InChI=1S/C18H25N3/c1-4-11-19-18-16(9-7-12-20-18)14-21(5-2)17-10-6-8-15(3)13-17/h6-10,12-13H,4-5,11,14H2,1-3H3,(H,19,20). The summed E-state index contributed by atoms with van der Waals surface area (Å²) >= 11 is 0. The average molecular weight is 283 g/mol. The summed E-state index contributed by atoms with van der Waals surface area (Å²) in [5, 5.41) is 3.42. The summed E-state index contributed by atoms with van der Waals surface area (Å²) in [7, 11) is 0. The fourth-order valence-electron chi connectivity index (χ4n) is 2.38. The van der Waals surface area contributed by atoms with E-state index in [4.69, 9.17) is 0 Å². The Morgan fingerprint density at radius 1 is 1.14 bits per heavy atom. The van der Waals surface area contributed by atoms with Gasteiger partial charge in [0.25, 0.3) is 0 Å². The number of aryl methyl sites for hydroxylation is 1. The molecule has 3 heteroatoms. The number of benzene rings is 1. The number of anilines is 2. The van der Waals surface area contributed by atoms with Crippen LogP contribution in [0.15, 0.2) is 42.6 Å². The molecule has 1 aromatic heterocycles. The Balaban J connectivity index is 2.18. The fraction of sp³-hybridized carbons (Fsp3) is 0.389. The van der Waals surface area contributed by atoms with Crippen molar-refractivity contribution in [1.29, 1.82) is 0 Å². The molecule has 0 radical (unpaired) electrons. The zero-order valence-electron chi connectivity index (χ0n) is 13.3. The Labute approximate surface area is 128 Å². The summed E-state index contributed by atoms with van der Waals surface area (Å²) in [4.78, 5) is 6.85. The van der Waals surface area contributed by atoms with Crippen LogP contribution in [-0.4, -0.2) is 18.1 Å². The number of pyridine rings is 1. The first-order valence-corrected chi connectivity index (χ1v) is 7.74. The Morgan fingerprint density at radius 3 is 2.71 bits per heavy atom. The van der Waals surface area contributed by atoms with Crippen LogP contribution in [0, 0.1) is 6.92 Å². The highest BCUT2D eigenvalue weighted by atomic mass is 15.1. The number of hydrogen-bond acceptors (Lipinski definition) is 3. The third-order valence-electron chi connectivity index (χ3n) is 3.54. The van der Waals surface area contributed by atoms with E-state index >= 15 is 0 Å². The first-order chi connectivity index (χ1) is 10.2. The second kappa shape index (κ2) is 7.67. The summed E-state index contributed by atoms with van der Waals surface area (Å²) in [6, 6.07) is 12.8. The zero-order valence-corrected chi connectivity index (χ0v) is 13.3. The molecule has 0 bridgehead atoms. The maximum Gasteiger partial charge on any atom is 0.130 e. The molecule has 1 heterocycles. The second-order valence-corrected chi connectivity index (χ2v) is 5.29. The molecule has 112 valence electrons. The minimum atomic E-state index is 0.875. The van der Waals surface area contributed by atoms with Crippen LogP contribution < -0.4 is 10.2 Å². The van der Waals surface area contributed by atoms with E-state index in [0.717, 1.165) is 31.9 Å². The van der Waals surface area contributed by atoms with E-state index in [1.54, 1.807) is 0 Å². The van der Waals surface area contributed by atoms with Crippen LogP contribution in [0.2, 0.25) is 0 Å². The van der Waals surface area contributed by atoms with Crippen molar-refractivity contribution in [3.63, 3.8) is 0 Å². The molecule has 0 atom stereocenters. The molecule has 0 saturated heterocycles. The summed E-state index contributed by atoms with van der Waals surface area (Å²) in [5.41, 5.74) is 3.80. The van der Waals surface area contributed by atoms with E-state index in [1.807, 2.05) is 12.3 Å². The van der Waals surface area contributed by atoms with Gasteiger partial charge < -0.3 is 10.2 Å². The molecule has 21 heavy (non-hydrogen) atoms. The van der Waals surface area contributed by atoms with Crippen molar-refractivity contribution in [2.24, 2.45) is 0 Å². The molecule has 0 aliphatic heterocycles. The van der Waals surface area contributed by atoms with Crippen molar-refractivity contribution in [3.05, 3.63) is 53.7 Å². The van der Waals surface area contributed by atoms with Gasteiger partial charge in [0, 0.05) is 37.1 Å². The second-order valence-electron chi connectivity index (χ2n) is 5.29. The smallest absolute Gasteiger partial charge is 0.130 e. The van der Waals surface area contributed by atoms with E-state index in [-0.39, 0.29) is 0 Å². The molecular weight excluding hydrogens is 258 g/mol. The van der Waals surface area contributed by atoms with Crippen molar-refractivity contribution in [1.82, 2.24) is 4.98 Å². The lowest BCUT2D eigenvalue weighted by molar-refractivity contribution is 0.826. The quantitative estimate of drug-likeness (QED) is 0.824. The first-order valence-electron chi connectivity index (χ1n) is 7.74. The number of hydrogen-bond donors (Lipinski definition) is 1. The van der Waals surface area contributed by atoms with Gasteiger partial charge in [0.15, 0.2) is 0 Å². The molecule has 0 spiro atoms. The predicted molar refractivity (Wildman–Crippen MR) is 90.9 cm³/mol. The summed E-state index contributed by atoms with van der Waals surface area (Å²) in [6.07, 6.45) is 2.95. The van der Waals surface area contributed by atoms with E-state index < -0.39 is 0 Å². The number of rotatable bonds is 7. The first kappa shape index (κ1) is 15.4. The highest BCUT2D eigenvalue weighted by Crippen LogP contribution is 2.21. The highest BCUT2D eigenvalue weighted by Gasteiger charge is 2.09. The summed E-state index contributed by atoms with van der Waals surface area (Å²) in [5.74, 6) is 1.01. The van der Waals surface area contributed by atoms with Crippen molar-refractivity contribution >= 4 is 11.5 Å². The maximum absolute atomic E-state index is 4.48. The van der Waals surface area contributed by atoms with Crippen molar-refractivity contribution in [3.8, 4) is 0 Å². The van der Waals surface area contributed by atoms with E-state index in [2.05, 4.69) is 66.3 Å². The predicted octanol–water partition coefficient (Wildman–Crippen LogP) is 4.24. The van der Waals surface area contributed by atoms with Crippen LogP contribution in [0.1, 0.15) is 31.4 Å². The fourth-order valence-corrected chi connectivity index (χ4v) is 2.38. The number of nitrogens with one attached hydrogen (secondary N) is 1. The van der Waals surface area contributed by atoms with Crippen molar-refractivity contribution < 1.29 is 0 Å². The van der Waals surface area contributed by atoms with Crippen molar-refractivity contribution in [2.45, 2.75) is 33.7 Å². The van der Waals surface area contributed by atoms with Crippen LogP contribution in [-0.2, 0) is 6.54 Å². The molecule has 0 unspecified atom stereocenters. The maximum atomic E-state index is 4.48. The molecule has 0 amide bonds. The zero-order chi connectivity index (χ0) is 15.1. The molecular formula is C18H25N3. The van der Waals surface area contributed by atoms with Gasteiger partial charge in [-0.25, -0.2) is 4.98 Å². The van der Waals surface area contributed by atoms with E-state index in [9.17, 15) is 0 Å². The summed E-state index contributed by atoms with van der Waals surface area (Å²) < 4.78 is 0. The van der Waals surface area contributed by atoms with Gasteiger partial charge >= 0.3 is 0 Å². The Hall–Kier alpha value is -2.03. The van der Waals surface area contributed by atoms with Gasteiger partial charge in [0.05, 0.1) is 0 Å². The Kier molecular flexibility index (Phi) is 5.61. The minimum Gasteiger partial charge on any atom is -0.370 e. The molecule has 0 saturated carbocycles. The Bertz CT molecular complexity index is 566. The normalized spacial score (nSPS) is 10.4. The molecule has 1 N–H and O–H groups in total. The van der Waals surface area contributed by atoms with Gasteiger partial charge in [-0.15, -0.1) is 0 Å². The van der Waals surface area contributed by atoms with Gasteiger partial charge in [-0.05, 0) is 44.0 Å². The lowest BCUT2D eigenvalue weighted by atomic mass is 10.1. The topological polar surface area (TPSA) is 28.2 Å². The highest BCUT2D eigenvalue weighted by molar-refractivity contribution is 5.52. The third kappa shape index (κ3) is 4.22. The SMILES string of the molecule is CCCNc1ncccc1CN(CC)c1cccc(C)c1. The molecule has 2 rings (SSSR count). The van der Waals surface area contributed by atoms with Crippen molar-refractivity contribution in [2.75, 3.05) is 23.3 Å². The van der Waals surface area contributed by atoms with Crippen LogP contribution in [0.4, 0.5) is 11.5 Å². The van der Waals surface area contributed by atoms with Gasteiger partial charge in [-0.2, -0.15) is 0 Å². The van der Waals surface area contributed by atoms with Gasteiger partial charge in [-0.1, -0.05) is 25.1 Å². The van der Waals surface area contributed by atoms with Crippen LogP contribution in [0.25, 0.3) is 0 Å². The third-order valence-corrected chi connectivity index (χ3v) is 3.54. The largest absolute Gasteiger partial charge is 0.370 e.